The second kappa shape index (κ2) is 6.86. The van der Waals surface area contributed by atoms with Crippen molar-refractivity contribution in [3.8, 4) is 0 Å². The van der Waals surface area contributed by atoms with E-state index in [4.69, 9.17) is 5.73 Å². The lowest BCUT2D eigenvalue weighted by Gasteiger charge is -2.07. The summed E-state index contributed by atoms with van der Waals surface area (Å²) in [6.07, 6.45) is 2.39. The van der Waals surface area contributed by atoms with E-state index in [0.717, 1.165) is 11.1 Å². The summed E-state index contributed by atoms with van der Waals surface area (Å²) in [4.78, 5) is 11.7. The Morgan fingerprint density at radius 1 is 1.29 bits per heavy atom. The molecule has 1 amide bonds. The molecule has 0 saturated heterocycles. The molecular formula is C14H20N2O. The Morgan fingerprint density at radius 2 is 1.94 bits per heavy atom. The van der Waals surface area contributed by atoms with E-state index in [2.05, 4.69) is 5.32 Å². The van der Waals surface area contributed by atoms with E-state index in [1.807, 2.05) is 44.2 Å². The van der Waals surface area contributed by atoms with Crippen molar-refractivity contribution < 1.29 is 4.79 Å². The summed E-state index contributed by atoms with van der Waals surface area (Å²) in [6.45, 7) is 5.08. The van der Waals surface area contributed by atoms with Crippen LogP contribution in [0.1, 0.15) is 25.0 Å². The highest BCUT2D eigenvalue weighted by atomic mass is 16.1. The van der Waals surface area contributed by atoms with Crippen LogP contribution < -0.4 is 11.1 Å². The van der Waals surface area contributed by atoms with Crippen LogP contribution in [-0.2, 0) is 17.8 Å². The van der Waals surface area contributed by atoms with Crippen LogP contribution in [0.4, 0.5) is 0 Å². The maximum absolute atomic E-state index is 11.7. The van der Waals surface area contributed by atoms with E-state index >= 15 is 0 Å². The fourth-order valence-corrected chi connectivity index (χ4v) is 1.53. The quantitative estimate of drug-likeness (QED) is 0.760. The number of nitrogens with two attached hydrogens (primary N) is 1. The molecule has 1 aromatic carbocycles. The Kier molecular flexibility index (Phi) is 5.43. The van der Waals surface area contributed by atoms with Gasteiger partial charge in [0, 0.05) is 13.1 Å². The van der Waals surface area contributed by atoms with Crippen molar-refractivity contribution in [2.75, 3.05) is 6.54 Å². The van der Waals surface area contributed by atoms with E-state index in [1.165, 1.54) is 5.57 Å². The van der Waals surface area contributed by atoms with Crippen molar-refractivity contribution in [3.05, 3.63) is 47.0 Å². The molecule has 0 aliphatic rings. The van der Waals surface area contributed by atoms with E-state index in [-0.39, 0.29) is 5.91 Å². The highest BCUT2D eigenvalue weighted by Crippen LogP contribution is 2.08. The largest absolute Gasteiger partial charge is 0.352 e. The third-order valence-corrected chi connectivity index (χ3v) is 2.50. The lowest BCUT2D eigenvalue weighted by Crippen LogP contribution is -2.25. The first-order valence-corrected chi connectivity index (χ1v) is 5.80. The smallest absolute Gasteiger partial charge is 0.224 e. The molecule has 0 radical (unpaired) electrons. The first-order valence-electron chi connectivity index (χ1n) is 5.80. The molecule has 0 aliphatic heterocycles. The molecule has 0 fully saturated rings. The normalized spacial score (nSPS) is 9.82. The Labute approximate surface area is 103 Å². The van der Waals surface area contributed by atoms with Crippen molar-refractivity contribution in [2.24, 2.45) is 5.73 Å². The fraction of sp³-hybridized carbons (Fsp3) is 0.357. The SMILES string of the molecule is CC(C)=CCNC(=O)Cc1ccccc1CN. The Hall–Kier alpha value is -1.61. The van der Waals surface area contributed by atoms with Gasteiger partial charge in [-0.3, -0.25) is 4.79 Å². The molecular weight excluding hydrogens is 212 g/mol. The lowest BCUT2D eigenvalue weighted by molar-refractivity contribution is -0.120. The maximum Gasteiger partial charge on any atom is 0.224 e. The summed E-state index contributed by atoms with van der Waals surface area (Å²) in [5.74, 6) is 0.0309. The van der Waals surface area contributed by atoms with Gasteiger partial charge in [-0.05, 0) is 25.0 Å². The first kappa shape index (κ1) is 13.5. The van der Waals surface area contributed by atoms with Gasteiger partial charge in [0.05, 0.1) is 6.42 Å². The summed E-state index contributed by atoms with van der Waals surface area (Å²) in [5.41, 5.74) is 8.86. The molecule has 1 aromatic rings. The molecule has 0 unspecified atom stereocenters. The van der Waals surface area contributed by atoms with Crippen LogP contribution in [0.25, 0.3) is 0 Å². The summed E-state index contributed by atoms with van der Waals surface area (Å²) >= 11 is 0. The summed E-state index contributed by atoms with van der Waals surface area (Å²) in [6, 6.07) is 7.77. The summed E-state index contributed by atoms with van der Waals surface area (Å²) in [7, 11) is 0. The van der Waals surface area contributed by atoms with E-state index < -0.39 is 0 Å². The van der Waals surface area contributed by atoms with E-state index in [0.29, 0.717) is 19.5 Å². The minimum atomic E-state index is 0.0309. The van der Waals surface area contributed by atoms with Crippen LogP contribution in [0.3, 0.4) is 0 Å². The molecule has 17 heavy (non-hydrogen) atoms. The van der Waals surface area contributed by atoms with Gasteiger partial charge >= 0.3 is 0 Å². The van der Waals surface area contributed by atoms with Crippen molar-refractivity contribution >= 4 is 5.91 Å². The molecule has 3 nitrogen and oxygen atoms in total. The third kappa shape index (κ3) is 4.83. The number of carbonyl (C=O) groups excluding carboxylic acids is 1. The topological polar surface area (TPSA) is 55.1 Å². The van der Waals surface area contributed by atoms with E-state index in [9.17, 15) is 4.79 Å². The molecule has 0 bridgehead atoms. The Balaban J connectivity index is 2.53. The van der Waals surface area contributed by atoms with Crippen LogP contribution >= 0.6 is 0 Å². The number of hydrogen-bond donors (Lipinski definition) is 2. The van der Waals surface area contributed by atoms with Gasteiger partial charge in [-0.2, -0.15) is 0 Å². The predicted octanol–water partition coefficient (Wildman–Crippen LogP) is 1.77. The van der Waals surface area contributed by atoms with Crippen LogP contribution in [0, 0.1) is 0 Å². The van der Waals surface area contributed by atoms with Crippen molar-refractivity contribution in [1.29, 1.82) is 0 Å². The van der Waals surface area contributed by atoms with Crippen molar-refractivity contribution in [1.82, 2.24) is 5.32 Å². The molecule has 3 heteroatoms. The number of allylic oxidation sites excluding steroid dienone is 1. The van der Waals surface area contributed by atoms with Gasteiger partial charge in [-0.25, -0.2) is 0 Å². The number of amides is 1. The molecule has 92 valence electrons. The molecule has 0 atom stereocenters. The van der Waals surface area contributed by atoms with Crippen molar-refractivity contribution in [3.63, 3.8) is 0 Å². The molecule has 0 aromatic heterocycles. The maximum atomic E-state index is 11.7. The molecule has 0 heterocycles. The third-order valence-electron chi connectivity index (χ3n) is 2.50. The minimum absolute atomic E-state index is 0.0309. The summed E-state index contributed by atoms with van der Waals surface area (Å²) in [5, 5.41) is 2.86. The average Bonchev–Trinajstić information content (AvgIpc) is 2.29. The predicted molar refractivity (Wildman–Crippen MR) is 70.5 cm³/mol. The number of hydrogen-bond acceptors (Lipinski definition) is 2. The Morgan fingerprint density at radius 3 is 2.53 bits per heavy atom. The van der Waals surface area contributed by atoms with Gasteiger partial charge in [-0.1, -0.05) is 35.9 Å². The molecule has 1 rings (SSSR count). The molecule has 0 spiro atoms. The fourth-order valence-electron chi connectivity index (χ4n) is 1.53. The van der Waals surface area contributed by atoms with Gasteiger partial charge in [0.15, 0.2) is 0 Å². The first-order chi connectivity index (χ1) is 8.13. The minimum Gasteiger partial charge on any atom is -0.352 e. The van der Waals surface area contributed by atoms with Gasteiger partial charge in [0.1, 0.15) is 0 Å². The number of rotatable bonds is 5. The van der Waals surface area contributed by atoms with Crippen LogP contribution in [0.2, 0.25) is 0 Å². The number of nitrogens with one attached hydrogen (secondary N) is 1. The standard InChI is InChI=1S/C14H20N2O/c1-11(2)7-8-16-14(17)9-12-5-3-4-6-13(12)10-15/h3-7H,8-10,15H2,1-2H3,(H,16,17). The molecule has 0 aliphatic carbocycles. The van der Waals surface area contributed by atoms with Gasteiger partial charge in [-0.15, -0.1) is 0 Å². The second-order valence-electron chi connectivity index (χ2n) is 4.24. The van der Waals surface area contributed by atoms with Gasteiger partial charge < -0.3 is 11.1 Å². The molecule has 0 saturated carbocycles. The zero-order chi connectivity index (χ0) is 12.7. The van der Waals surface area contributed by atoms with Crippen LogP contribution in [0.5, 0.6) is 0 Å². The zero-order valence-corrected chi connectivity index (χ0v) is 10.5. The zero-order valence-electron chi connectivity index (χ0n) is 10.5. The van der Waals surface area contributed by atoms with Crippen molar-refractivity contribution in [2.45, 2.75) is 26.8 Å². The highest BCUT2D eigenvalue weighted by molar-refractivity contribution is 5.79. The summed E-state index contributed by atoms with van der Waals surface area (Å²) < 4.78 is 0. The highest BCUT2D eigenvalue weighted by Gasteiger charge is 2.05. The van der Waals surface area contributed by atoms with Crippen LogP contribution in [0.15, 0.2) is 35.9 Å². The number of benzene rings is 1. The Bertz CT molecular complexity index is 406. The average molecular weight is 232 g/mol. The van der Waals surface area contributed by atoms with Crippen LogP contribution in [-0.4, -0.2) is 12.5 Å². The van der Waals surface area contributed by atoms with Gasteiger partial charge in [0.25, 0.3) is 0 Å². The second-order valence-corrected chi connectivity index (χ2v) is 4.24. The molecule has 3 N–H and O–H groups in total. The van der Waals surface area contributed by atoms with E-state index in [1.54, 1.807) is 0 Å². The monoisotopic (exact) mass is 232 g/mol. The number of carbonyl (C=O) groups is 1. The van der Waals surface area contributed by atoms with Gasteiger partial charge in [0.2, 0.25) is 5.91 Å². The lowest BCUT2D eigenvalue weighted by atomic mass is 10.0.